The molecule has 2 atom stereocenters. The van der Waals surface area contributed by atoms with Gasteiger partial charge in [0.15, 0.2) is 13.4 Å². The minimum atomic E-state index is -1.01. The number of carboxylic acid groups (broad SMARTS) is 1. The fourth-order valence-electron chi connectivity index (χ4n) is 3.83. The minimum absolute atomic E-state index is 0.0658. The van der Waals surface area contributed by atoms with Gasteiger partial charge in [-0.3, -0.25) is 9.59 Å². The van der Waals surface area contributed by atoms with E-state index >= 15 is 0 Å². The highest BCUT2D eigenvalue weighted by molar-refractivity contribution is 7.97. The van der Waals surface area contributed by atoms with Crippen LogP contribution >= 0.6 is 34.9 Å². The van der Waals surface area contributed by atoms with Crippen molar-refractivity contribution in [3.63, 3.8) is 0 Å². The average molecular weight is 631 g/mol. The number of ether oxygens (including phenoxy) is 1. The summed E-state index contributed by atoms with van der Waals surface area (Å²) in [7, 11) is 2.93. The Kier molecular flexibility index (Phi) is 13.8. The summed E-state index contributed by atoms with van der Waals surface area (Å²) in [5.74, 6) is -1.01. The van der Waals surface area contributed by atoms with E-state index in [4.69, 9.17) is 21.2 Å². The Balaban J connectivity index is 0.000000629. The van der Waals surface area contributed by atoms with E-state index in [2.05, 4.69) is 20.3 Å². The summed E-state index contributed by atoms with van der Waals surface area (Å²) in [5, 5.41) is 15.0. The van der Waals surface area contributed by atoms with Crippen LogP contribution in [0.4, 0.5) is 16.2 Å². The normalized spacial score (nSPS) is 15.4. The second-order valence-electron chi connectivity index (χ2n) is 9.89. The molecule has 0 saturated carbocycles. The molecule has 1 amide bonds. The van der Waals surface area contributed by atoms with Crippen molar-refractivity contribution in [3.8, 4) is 0 Å². The number of carboxylic acids is 1. The number of hydrogen-bond acceptors (Lipinski definition) is 11. The van der Waals surface area contributed by atoms with Crippen LogP contribution in [0.15, 0.2) is 35.2 Å². The number of likely N-dealkylation sites (N-methyl/N-ethyl adjacent to an activating group) is 1. The Hall–Kier alpha value is -2.91. The minimum Gasteiger partial charge on any atom is -0.480 e. The number of anilines is 1. The fourth-order valence-corrected chi connectivity index (χ4v) is 5.58. The monoisotopic (exact) mass is 630 g/mol. The largest absolute Gasteiger partial charge is 0.480 e. The smallest absolute Gasteiger partial charge is 0.407 e. The number of alkyl carbamates (subject to hydrolysis) is 1. The van der Waals surface area contributed by atoms with Gasteiger partial charge in [0.25, 0.3) is 4.92 Å². The standard InChI is InChI=1S/C21H33N5O6S.C5H3ClOS/c1-21(2,3)32-20(29)23-12-15-7-6-10-25(15)14-8-9-17(26(30)31-5)18(11-14)33-24-16(13-22-4)19(27)28;6-5-2-1-4(3-7)8-5/h8-9,11,15-16,22,24H,6-7,10,12-13H2,1-5H3,(H-,23,27,28,29);1-3H/p+1/t15-,16-;/m0./s1. The Bertz CT molecular complexity index is 1190. The number of carbonyl (C=O) groups excluding carboxylic acids is 2. The first-order valence-electron chi connectivity index (χ1n) is 12.8. The van der Waals surface area contributed by atoms with Gasteiger partial charge in [0.1, 0.15) is 16.5 Å². The Morgan fingerprint density at radius 3 is 2.59 bits per heavy atom. The number of benzene rings is 1. The van der Waals surface area contributed by atoms with E-state index in [0.717, 1.165) is 43.3 Å². The zero-order valence-corrected chi connectivity index (χ0v) is 26.0. The summed E-state index contributed by atoms with van der Waals surface area (Å²) in [4.78, 5) is 54.2. The summed E-state index contributed by atoms with van der Waals surface area (Å²) in [5.41, 5.74) is 0.553. The molecule has 41 heavy (non-hydrogen) atoms. The number of nitrogens with one attached hydrogen (secondary N) is 3. The lowest BCUT2D eigenvalue weighted by Crippen LogP contribution is -2.42. The van der Waals surface area contributed by atoms with Crippen molar-refractivity contribution in [3.05, 3.63) is 44.5 Å². The number of rotatable bonds is 12. The number of aldehydes is 1. The molecule has 0 unspecified atom stereocenters. The summed E-state index contributed by atoms with van der Waals surface area (Å²) in [6.45, 7) is 6.87. The van der Waals surface area contributed by atoms with Gasteiger partial charge in [-0.15, -0.1) is 11.3 Å². The third-order valence-corrected chi connectivity index (χ3v) is 7.73. The highest BCUT2D eigenvalue weighted by Gasteiger charge is 2.29. The number of nitrogens with zero attached hydrogens (tertiary/aromatic N) is 2. The second-order valence-corrected chi connectivity index (χ2v) is 12.5. The topological polar surface area (TPSA) is 149 Å². The van der Waals surface area contributed by atoms with Crippen LogP contribution in [0, 0.1) is 4.91 Å². The second kappa shape index (κ2) is 16.5. The molecule has 2 heterocycles. The summed E-state index contributed by atoms with van der Waals surface area (Å²) >= 11 is 7.84. The summed E-state index contributed by atoms with van der Waals surface area (Å²) in [6.07, 6.45) is 2.18. The van der Waals surface area contributed by atoms with E-state index in [0.29, 0.717) is 25.6 Å². The summed E-state index contributed by atoms with van der Waals surface area (Å²) in [6, 6.07) is 7.89. The van der Waals surface area contributed by atoms with Crippen LogP contribution in [-0.2, 0) is 14.4 Å². The first kappa shape index (κ1) is 34.3. The van der Waals surface area contributed by atoms with Gasteiger partial charge in [-0.2, -0.15) is 0 Å². The molecule has 1 aromatic heterocycles. The lowest BCUT2D eigenvalue weighted by molar-refractivity contribution is -0.738. The number of amides is 1. The van der Waals surface area contributed by atoms with Crippen molar-refractivity contribution in [2.75, 3.05) is 38.7 Å². The fraction of sp³-hybridized carbons (Fsp3) is 0.500. The molecule has 1 saturated heterocycles. The van der Waals surface area contributed by atoms with Gasteiger partial charge >= 0.3 is 17.7 Å². The van der Waals surface area contributed by atoms with E-state index in [1.807, 2.05) is 32.9 Å². The maximum atomic E-state index is 12.2. The molecule has 0 spiro atoms. The van der Waals surface area contributed by atoms with Crippen molar-refractivity contribution in [2.24, 2.45) is 0 Å². The summed E-state index contributed by atoms with van der Waals surface area (Å²) < 4.78 is 8.87. The molecule has 3 rings (SSSR count). The van der Waals surface area contributed by atoms with Gasteiger partial charge in [-0.25, -0.2) is 14.4 Å². The molecular weight excluding hydrogens is 594 g/mol. The van der Waals surface area contributed by atoms with E-state index in [-0.39, 0.29) is 18.3 Å². The molecule has 1 aromatic carbocycles. The number of hydrogen-bond donors (Lipinski definition) is 4. The van der Waals surface area contributed by atoms with Crippen molar-refractivity contribution >= 4 is 64.6 Å². The Morgan fingerprint density at radius 2 is 2.05 bits per heavy atom. The SMILES string of the molecule is CNC[C@H](NSc1cc(N2CCC[C@H]2CNC(=O)OC(C)(C)C)ccc1[N+](=O)OC)C(=O)O.O=Cc1ccc(Cl)s1. The molecule has 0 aliphatic carbocycles. The molecule has 1 aliphatic rings. The van der Waals surface area contributed by atoms with E-state index in [1.165, 1.54) is 18.4 Å². The van der Waals surface area contributed by atoms with Gasteiger partial charge < -0.3 is 25.4 Å². The number of thiophene rings is 1. The van der Waals surface area contributed by atoms with E-state index in [1.54, 1.807) is 25.2 Å². The number of carbonyl (C=O) groups is 3. The molecule has 0 bridgehead atoms. The van der Waals surface area contributed by atoms with E-state index in [9.17, 15) is 24.4 Å². The Labute approximate surface area is 252 Å². The maximum absolute atomic E-state index is 12.2. The van der Waals surface area contributed by atoms with Crippen LogP contribution in [0.5, 0.6) is 0 Å². The zero-order chi connectivity index (χ0) is 30.6. The van der Waals surface area contributed by atoms with Crippen molar-refractivity contribution in [2.45, 2.75) is 56.2 Å². The van der Waals surface area contributed by atoms with Gasteiger partial charge in [0.05, 0.1) is 14.1 Å². The molecule has 0 radical (unpaired) electrons. The molecule has 4 N–H and O–H groups in total. The molecule has 226 valence electrons. The molecule has 2 aromatic rings. The Morgan fingerprint density at radius 1 is 1.32 bits per heavy atom. The van der Waals surface area contributed by atoms with Crippen LogP contribution in [0.25, 0.3) is 0 Å². The number of aliphatic carboxylic acids is 1. The van der Waals surface area contributed by atoms with Crippen LogP contribution in [-0.4, -0.2) is 79.9 Å². The lowest BCUT2D eigenvalue weighted by atomic mass is 10.2. The average Bonchev–Trinajstić information content (AvgIpc) is 3.57. The van der Waals surface area contributed by atoms with Crippen LogP contribution in [0.1, 0.15) is 43.3 Å². The highest BCUT2D eigenvalue weighted by atomic mass is 35.5. The first-order chi connectivity index (χ1) is 19.4. The third-order valence-electron chi connectivity index (χ3n) is 5.62. The van der Waals surface area contributed by atoms with Gasteiger partial charge in [-0.05, 0) is 76.9 Å². The zero-order valence-electron chi connectivity index (χ0n) is 23.6. The van der Waals surface area contributed by atoms with Crippen LogP contribution in [0.3, 0.4) is 0 Å². The molecule has 12 nitrogen and oxygen atoms in total. The molecule has 1 aliphatic heterocycles. The number of halogens is 1. The van der Waals surface area contributed by atoms with Crippen molar-refractivity contribution in [1.29, 1.82) is 0 Å². The predicted octanol–water partition coefficient (Wildman–Crippen LogP) is 4.64. The van der Waals surface area contributed by atoms with E-state index < -0.39 is 23.7 Å². The lowest BCUT2D eigenvalue weighted by Gasteiger charge is -2.28. The van der Waals surface area contributed by atoms with Crippen LogP contribution < -0.4 is 20.3 Å². The van der Waals surface area contributed by atoms with Gasteiger partial charge in [0.2, 0.25) is 0 Å². The van der Waals surface area contributed by atoms with Gasteiger partial charge in [0, 0.05) is 37.4 Å². The quantitative estimate of drug-likeness (QED) is 0.148. The third kappa shape index (κ3) is 11.5. The van der Waals surface area contributed by atoms with Crippen molar-refractivity contribution in [1.82, 2.24) is 15.4 Å². The molecule has 15 heteroatoms. The van der Waals surface area contributed by atoms with Crippen LogP contribution in [0.2, 0.25) is 4.34 Å². The van der Waals surface area contributed by atoms with Crippen molar-refractivity contribution < 1.29 is 34.0 Å². The first-order valence-corrected chi connectivity index (χ1v) is 14.8. The molecular formula is C26H37ClN5O7S2+. The maximum Gasteiger partial charge on any atom is 0.407 e. The predicted molar refractivity (Wildman–Crippen MR) is 160 cm³/mol. The molecule has 1 fully saturated rings. The highest BCUT2D eigenvalue weighted by Crippen LogP contribution is 2.35. The van der Waals surface area contributed by atoms with Gasteiger partial charge in [-0.1, -0.05) is 11.6 Å².